The van der Waals surface area contributed by atoms with Crippen molar-refractivity contribution in [3.63, 3.8) is 0 Å². The van der Waals surface area contributed by atoms with Gasteiger partial charge in [0.15, 0.2) is 0 Å². The highest BCUT2D eigenvalue weighted by atomic mass is 19.1. The van der Waals surface area contributed by atoms with Crippen molar-refractivity contribution in [2.75, 3.05) is 11.1 Å². The van der Waals surface area contributed by atoms with Gasteiger partial charge in [-0.05, 0) is 43.2 Å². The van der Waals surface area contributed by atoms with Gasteiger partial charge in [-0.3, -0.25) is 4.79 Å². The van der Waals surface area contributed by atoms with Crippen LogP contribution in [0, 0.1) is 5.82 Å². The number of carbonyl (C=O) groups is 1. The second kappa shape index (κ2) is 6.26. The van der Waals surface area contributed by atoms with Crippen LogP contribution in [0.25, 0.3) is 0 Å². The van der Waals surface area contributed by atoms with E-state index in [1.54, 1.807) is 30.3 Å². The molecule has 0 spiro atoms. The number of nitrogen functional groups attached to an aromatic ring is 1. The average molecular weight is 287 g/mol. The Labute approximate surface area is 123 Å². The molecule has 0 saturated heterocycles. The maximum Gasteiger partial charge on any atom is 0.250 e. The number of rotatable bonds is 5. The quantitative estimate of drug-likeness (QED) is 0.739. The lowest BCUT2D eigenvalue weighted by atomic mass is 10.1. The fourth-order valence-corrected chi connectivity index (χ4v) is 2.21. The van der Waals surface area contributed by atoms with Gasteiger partial charge in [-0.2, -0.15) is 0 Å². The number of hydrogen-bond donors (Lipinski definition) is 3. The first-order chi connectivity index (χ1) is 9.97. The van der Waals surface area contributed by atoms with Crippen LogP contribution in [0.2, 0.25) is 0 Å². The average Bonchev–Trinajstić information content (AvgIpc) is 2.43. The van der Waals surface area contributed by atoms with Gasteiger partial charge in [0.25, 0.3) is 5.91 Å². The van der Waals surface area contributed by atoms with E-state index in [0.717, 1.165) is 5.56 Å². The number of amides is 1. The number of hydrogen-bond acceptors (Lipinski definition) is 3. The molecule has 21 heavy (non-hydrogen) atoms. The summed E-state index contributed by atoms with van der Waals surface area (Å²) in [6.07, 6.45) is 0.673. The summed E-state index contributed by atoms with van der Waals surface area (Å²) in [5.41, 5.74) is 13.6. The standard InChI is InChI=1S/C16H18FN3O/c1-10(9-11-5-7-12(17)8-6-11)20-15-13(16(19)21)3-2-4-14(15)18/h2-8,10,20H,9,18H2,1H3,(H2,19,21). The summed E-state index contributed by atoms with van der Waals surface area (Å²) < 4.78 is 12.9. The Morgan fingerprint density at radius 2 is 1.90 bits per heavy atom. The summed E-state index contributed by atoms with van der Waals surface area (Å²) >= 11 is 0. The molecule has 110 valence electrons. The lowest BCUT2D eigenvalue weighted by Crippen LogP contribution is -2.22. The van der Waals surface area contributed by atoms with Crippen LogP contribution in [0.5, 0.6) is 0 Å². The third kappa shape index (κ3) is 3.72. The summed E-state index contributed by atoms with van der Waals surface area (Å²) in [5.74, 6) is -0.790. The summed E-state index contributed by atoms with van der Waals surface area (Å²) in [6.45, 7) is 1.96. The fourth-order valence-electron chi connectivity index (χ4n) is 2.21. The van der Waals surface area contributed by atoms with Gasteiger partial charge in [-0.25, -0.2) is 4.39 Å². The molecule has 0 radical (unpaired) electrons. The van der Waals surface area contributed by atoms with E-state index in [1.807, 2.05) is 6.92 Å². The van der Waals surface area contributed by atoms with Crippen LogP contribution in [0.4, 0.5) is 15.8 Å². The number of halogens is 1. The number of nitrogens with two attached hydrogens (primary N) is 2. The first-order valence-corrected chi connectivity index (χ1v) is 6.66. The molecular formula is C16H18FN3O. The maximum atomic E-state index is 12.9. The molecule has 0 bridgehead atoms. The zero-order valence-electron chi connectivity index (χ0n) is 11.8. The molecule has 0 aliphatic rings. The van der Waals surface area contributed by atoms with Gasteiger partial charge in [0, 0.05) is 6.04 Å². The van der Waals surface area contributed by atoms with Crippen molar-refractivity contribution in [1.29, 1.82) is 0 Å². The Morgan fingerprint density at radius 3 is 2.52 bits per heavy atom. The van der Waals surface area contributed by atoms with Gasteiger partial charge >= 0.3 is 0 Å². The molecule has 2 aromatic carbocycles. The molecule has 0 aromatic heterocycles. The molecule has 1 atom stereocenters. The summed E-state index contributed by atoms with van der Waals surface area (Å²) in [4.78, 5) is 11.4. The number of primary amides is 1. The SMILES string of the molecule is CC(Cc1ccc(F)cc1)Nc1c(N)cccc1C(N)=O. The monoisotopic (exact) mass is 287 g/mol. The van der Waals surface area contributed by atoms with E-state index in [4.69, 9.17) is 11.5 Å². The van der Waals surface area contributed by atoms with Crippen LogP contribution in [-0.2, 0) is 6.42 Å². The van der Waals surface area contributed by atoms with Gasteiger partial charge in [0.1, 0.15) is 5.82 Å². The molecule has 5 heteroatoms. The second-order valence-corrected chi connectivity index (χ2v) is 5.01. The Morgan fingerprint density at radius 1 is 1.24 bits per heavy atom. The number of anilines is 2. The van der Waals surface area contributed by atoms with Gasteiger partial charge in [-0.1, -0.05) is 18.2 Å². The van der Waals surface area contributed by atoms with Crippen LogP contribution in [0.3, 0.4) is 0 Å². The van der Waals surface area contributed by atoms with Gasteiger partial charge in [-0.15, -0.1) is 0 Å². The van der Waals surface area contributed by atoms with Crippen molar-refractivity contribution in [3.05, 3.63) is 59.4 Å². The van der Waals surface area contributed by atoms with E-state index in [0.29, 0.717) is 23.4 Å². The third-order valence-corrected chi connectivity index (χ3v) is 3.21. The lowest BCUT2D eigenvalue weighted by Gasteiger charge is -2.19. The van der Waals surface area contributed by atoms with Crippen molar-refractivity contribution in [3.8, 4) is 0 Å². The molecule has 0 fully saturated rings. The smallest absolute Gasteiger partial charge is 0.250 e. The lowest BCUT2D eigenvalue weighted by molar-refractivity contribution is 0.100. The molecule has 0 aliphatic carbocycles. The fraction of sp³-hybridized carbons (Fsp3) is 0.188. The Bertz CT molecular complexity index is 640. The third-order valence-electron chi connectivity index (χ3n) is 3.21. The van der Waals surface area contributed by atoms with Crippen LogP contribution in [-0.4, -0.2) is 11.9 Å². The zero-order chi connectivity index (χ0) is 15.4. The van der Waals surface area contributed by atoms with Crippen LogP contribution >= 0.6 is 0 Å². The van der Waals surface area contributed by atoms with Crippen molar-refractivity contribution >= 4 is 17.3 Å². The topological polar surface area (TPSA) is 81.1 Å². The first-order valence-electron chi connectivity index (χ1n) is 6.66. The Balaban J connectivity index is 2.14. The Kier molecular flexibility index (Phi) is 4.42. The number of para-hydroxylation sites is 1. The van der Waals surface area contributed by atoms with E-state index in [2.05, 4.69) is 5.32 Å². The molecule has 2 rings (SSSR count). The molecule has 1 amide bonds. The van der Waals surface area contributed by atoms with Gasteiger partial charge < -0.3 is 16.8 Å². The molecule has 0 saturated carbocycles. The van der Waals surface area contributed by atoms with E-state index >= 15 is 0 Å². The zero-order valence-corrected chi connectivity index (χ0v) is 11.8. The second-order valence-electron chi connectivity index (χ2n) is 5.01. The number of benzene rings is 2. The largest absolute Gasteiger partial charge is 0.397 e. The minimum Gasteiger partial charge on any atom is -0.397 e. The normalized spacial score (nSPS) is 11.9. The van der Waals surface area contributed by atoms with Crippen LogP contribution < -0.4 is 16.8 Å². The maximum absolute atomic E-state index is 12.9. The molecule has 5 N–H and O–H groups in total. The summed E-state index contributed by atoms with van der Waals surface area (Å²) in [5, 5.41) is 3.20. The molecule has 0 aliphatic heterocycles. The minimum atomic E-state index is -0.529. The van der Waals surface area contributed by atoms with Gasteiger partial charge in [0.05, 0.1) is 16.9 Å². The van der Waals surface area contributed by atoms with Crippen LogP contribution in [0.1, 0.15) is 22.8 Å². The van der Waals surface area contributed by atoms with E-state index in [-0.39, 0.29) is 11.9 Å². The van der Waals surface area contributed by atoms with Crippen molar-refractivity contribution in [2.45, 2.75) is 19.4 Å². The molecule has 1 unspecified atom stereocenters. The highest BCUT2D eigenvalue weighted by Gasteiger charge is 2.13. The first kappa shape index (κ1) is 14.8. The van der Waals surface area contributed by atoms with Crippen LogP contribution in [0.15, 0.2) is 42.5 Å². The molecule has 4 nitrogen and oxygen atoms in total. The predicted octanol–water partition coefficient (Wildman–Crippen LogP) is 2.55. The van der Waals surface area contributed by atoms with E-state index in [9.17, 15) is 9.18 Å². The highest BCUT2D eigenvalue weighted by molar-refractivity contribution is 6.01. The Hall–Kier alpha value is -2.56. The summed E-state index contributed by atoms with van der Waals surface area (Å²) in [6, 6.07) is 11.4. The summed E-state index contributed by atoms with van der Waals surface area (Å²) in [7, 11) is 0. The molecular weight excluding hydrogens is 269 g/mol. The van der Waals surface area contributed by atoms with Gasteiger partial charge in [0.2, 0.25) is 0 Å². The highest BCUT2D eigenvalue weighted by Crippen LogP contribution is 2.24. The van der Waals surface area contributed by atoms with E-state index < -0.39 is 5.91 Å². The molecule has 0 heterocycles. The number of nitrogens with one attached hydrogen (secondary N) is 1. The predicted molar refractivity (Wildman–Crippen MR) is 82.6 cm³/mol. The van der Waals surface area contributed by atoms with Crippen molar-refractivity contribution < 1.29 is 9.18 Å². The van der Waals surface area contributed by atoms with Crippen molar-refractivity contribution in [1.82, 2.24) is 0 Å². The minimum absolute atomic E-state index is 0.0123. The van der Waals surface area contributed by atoms with Crippen molar-refractivity contribution in [2.24, 2.45) is 5.73 Å². The molecule has 2 aromatic rings. The van der Waals surface area contributed by atoms with E-state index in [1.165, 1.54) is 12.1 Å². The number of carbonyl (C=O) groups excluding carboxylic acids is 1.